The van der Waals surface area contributed by atoms with Gasteiger partial charge in [-0.3, -0.25) is 14.9 Å². The molecule has 0 aliphatic carbocycles. The van der Waals surface area contributed by atoms with Gasteiger partial charge in [-0.05, 0) is 36.8 Å². The average molecular weight is 365 g/mol. The van der Waals surface area contributed by atoms with Crippen LogP contribution in [0.4, 0.5) is 5.69 Å². The average Bonchev–Trinajstić information content (AvgIpc) is 2.60. The molecule has 0 aromatic heterocycles. The van der Waals surface area contributed by atoms with Crippen LogP contribution in [0.3, 0.4) is 0 Å². The molecule has 1 amide bonds. The lowest BCUT2D eigenvalue weighted by Gasteiger charge is -2.15. The van der Waals surface area contributed by atoms with Crippen LogP contribution in [0.5, 0.6) is 11.5 Å². The molecule has 1 N–H and O–H groups in total. The minimum absolute atomic E-state index is 0.0000889. The third kappa shape index (κ3) is 5.09. The number of methoxy groups -OCH3 is 1. The van der Waals surface area contributed by atoms with E-state index in [1.807, 2.05) is 19.1 Å². The number of nitro benzene ring substituents is 1. The molecular weight excluding hydrogens is 348 g/mol. The first kappa shape index (κ1) is 18.5. The minimum Gasteiger partial charge on any atom is -0.496 e. The van der Waals surface area contributed by atoms with Crippen molar-refractivity contribution in [2.24, 2.45) is 0 Å². The number of nitrogens with zero attached hydrogens (tertiary/aromatic N) is 1. The number of carbonyl (C=O) groups excluding carboxylic acids is 1. The summed E-state index contributed by atoms with van der Waals surface area (Å²) in [4.78, 5) is 22.5. The van der Waals surface area contributed by atoms with Gasteiger partial charge in [0.15, 0.2) is 12.4 Å². The molecule has 0 radical (unpaired) electrons. The summed E-state index contributed by atoms with van der Waals surface area (Å²) in [5.74, 6) is -0.0625. The van der Waals surface area contributed by atoms with Gasteiger partial charge in [0.2, 0.25) is 0 Å². The molecular formula is C17H17ClN2O5. The second-order valence-electron chi connectivity index (χ2n) is 5.22. The van der Waals surface area contributed by atoms with Crippen LogP contribution >= 0.6 is 11.6 Å². The Morgan fingerprint density at radius 3 is 2.56 bits per heavy atom. The predicted molar refractivity (Wildman–Crippen MR) is 93.2 cm³/mol. The molecule has 0 aliphatic heterocycles. The fourth-order valence-electron chi connectivity index (χ4n) is 2.15. The van der Waals surface area contributed by atoms with Gasteiger partial charge >= 0.3 is 5.69 Å². The van der Waals surface area contributed by atoms with E-state index in [1.54, 1.807) is 12.1 Å². The summed E-state index contributed by atoms with van der Waals surface area (Å²) >= 11 is 5.83. The van der Waals surface area contributed by atoms with Crippen LogP contribution in [0, 0.1) is 10.1 Å². The highest BCUT2D eigenvalue weighted by atomic mass is 35.5. The number of hydrogen-bond acceptors (Lipinski definition) is 5. The van der Waals surface area contributed by atoms with Gasteiger partial charge in [0, 0.05) is 5.02 Å². The van der Waals surface area contributed by atoms with E-state index in [9.17, 15) is 14.9 Å². The lowest BCUT2D eigenvalue weighted by Crippen LogP contribution is -2.31. The first-order valence-electron chi connectivity index (χ1n) is 7.40. The maximum Gasteiger partial charge on any atom is 0.314 e. The number of nitrogens with one attached hydrogen (secondary N) is 1. The highest BCUT2D eigenvalue weighted by Crippen LogP contribution is 2.30. The van der Waals surface area contributed by atoms with Crippen molar-refractivity contribution >= 4 is 23.2 Å². The number of amides is 1. The van der Waals surface area contributed by atoms with E-state index in [2.05, 4.69) is 5.32 Å². The van der Waals surface area contributed by atoms with Crippen LogP contribution in [-0.4, -0.2) is 24.5 Å². The van der Waals surface area contributed by atoms with Crippen molar-refractivity contribution in [2.75, 3.05) is 13.7 Å². The third-order valence-electron chi connectivity index (χ3n) is 3.47. The number of rotatable bonds is 7. The molecule has 7 nitrogen and oxygen atoms in total. The van der Waals surface area contributed by atoms with Crippen LogP contribution in [-0.2, 0) is 4.79 Å². The quantitative estimate of drug-likeness (QED) is 0.599. The van der Waals surface area contributed by atoms with Gasteiger partial charge in [0.1, 0.15) is 5.75 Å². The number of nitro groups is 1. The smallest absolute Gasteiger partial charge is 0.314 e. The number of halogens is 1. The molecule has 0 bridgehead atoms. The van der Waals surface area contributed by atoms with Crippen LogP contribution in [0.2, 0.25) is 5.02 Å². The van der Waals surface area contributed by atoms with Gasteiger partial charge in [-0.1, -0.05) is 23.7 Å². The lowest BCUT2D eigenvalue weighted by molar-refractivity contribution is -0.385. The molecule has 2 aromatic carbocycles. The van der Waals surface area contributed by atoms with Crippen LogP contribution < -0.4 is 14.8 Å². The van der Waals surface area contributed by atoms with E-state index in [0.717, 1.165) is 5.56 Å². The van der Waals surface area contributed by atoms with E-state index >= 15 is 0 Å². The zero-order valence-electron chi connectivity index (χ0n) is 13.7. The third-order valence-corrected chi connectivity index (χ3v) is 3.72. The van der Waals surface area contributed by atoms with E-state index < -0.39 is 10.8 Å². The molecule has 8 heteroatoms. The van der Waals surface area contributed by atoms with E-state index in [4.69, 9.17) is 21.1 Å². The maximum absolute atomic E-state index is 12.0. The molecule has 1 atom stereocenters. The predicted octanol–water partition coefficient (Wildman–Crippen LogP) is 3.51. The van der Waals surface area contributed by atoms with Crippen molar-refractivity contribution in [1.29, 1.82) is 0 Å². The number of benzene rings is 2. The molecule has 0 unspecified atom stereocenters. The largest absolute Gasteiger partial charge is 0.496 e. The summed E-state index contributed by atoms with van der Waals surface area (Å²) < 4.78 is 10.2. The summed E-state index contributed by atoms with van der Waals surface area (Å²) in [6.45, 7) is 1.47. The highest BCUT2D eigenvalue weighted by Gasteiger charge is 2.18. The van der Waals surface area contributed by atoms with Gasteiger partial charge in [-0.2, -0.15) is 0 Å². The molecule has 0 fully saturated rings. The van der Waals surface area contributed by atoms with Gasteiger partial charge in [0.05, 0.1) is 24.1 Å². The number of hydrogen-bond donors (Lipinski definition) is 1. The van der Waals surface area contributed by atoms with E-state index in [1.165, 1.54) is 25.3 Å². The Balaban J connectivity index is 1.97. The maximum atomic E-state index is 12.0. The Hall–Kier alpha value is -2.80. The summed E-state index contributed by atoms with van der Waals surface area (Å²) in [6, 6.07) is 11.0. The Labute approximate surface area is 149 Å². The van der Waals surface area contributed by atoms with Crippen molar-refractivity contribution in [3.63, 3.8) is 0 Å². The zero-order valence-corrected chi connectivity index (χ0v) is 14.4. The molecule has 2 rings (SSSR count). The Bertz CT molecular complexity index is 764. The zero-order chi connectivity index (χ0) is 18.4. The summed E-state index contributed by atoms with van der Waals surface area (Å²) in [6.07, 6.45) is 0. The summed E-state index contributed by atoms with van der Waals surface area (Å²) in [7, 11) is 1.41. The fourth-order valence-corrected chi connectivity index (χ4v) is 2.28. The SMILES string of the molecule is COc1ccc(OCC(=O)N[C@H](C)c2ccc(Cl)cc2)c([N+](=O)[O-])c1. The molecule has 0 aliphatic rings. The van der Waals surface area contributed by atoms with Crippen LogP contribution in [0.15, 0.2) is 42.5 Å². The second-order valence-corrected chi connectivity index (χ2v) is 5.66. The molecule has 2 aromatic rings. The monoisotopic (exact) mass is 364 g/mol. The van der Waals surface area contributed by atoms with Crippen molar-refractivity contribution in [1.82, 2.24) is 5.32 Å². The van der Waals surface area contributed by atoms with Crippen LogP contribution in [0.1, 0.15) is 18.5 Å². The molecule has 25 heavy (non-hydrogen) atoms. The molecule has 0 spiro atoms. The van der Waals surface area contributed by atoms with Crippen molar-refractivity contribution in [3.05, 3.63) is 63.2 Å². The lowest BCUT2D eigenvalue weighted by atomic mass is 10.1. The minimum atomic E-state index is -0.591. The topological polar surface area (TPSA) is 90.7 Å². The highest BCUT2D eigenvalue weighted by molar-refractivity contribution is 6.30. The van der Waals surface area contributed by atoms with Gasteiger partial charge in [-0.25, -0.2) is 0 Å². The van der Waals surface area contributed by atoms with Gasteiger partial charge < -0.3 is 14.8 Å². The second kappa shape index (κ2) is 8.34. The van der Waals surface area contributed by atoms with Crippen molar-refractivity contribution in [3.8, 4) is 11.5 Å². The first-order chi connectivity index (χ1) is 11.9. The van der Waals surface area contributed by atoms with E-state index in [0.29, 0.717) is 10.8 Å². The fraction of sp³-hybridized carbons (Fsp3) is 0.235. The molecule has 0 saturated carbocycles. The summed E-state index contributed by atoms with van der Waals surface area (Å²) in [5.41, 5.74) is 0.617. The molecule has 132 valence electrons. The molecule has 0 heterocycles. The Kier molecular flexibility index (Phi) is 6.19. The Morgan fingerprint density at radius 1 is 1.28 bits per heavy atom. The number of carbonyl (C=O) groups is 1. The van der Waals surface area contributed by atoms with E-state index in [-0.39, 0.29) is 24.1 Å². The van der Waals surface area contributed by atoms with Gasteiger partial charge in [-0.15, -0.1) is 0 Å². The van der Waals surface area contributed by atoms with Crippen molar-refractivity contribution < 1.29 is 19.2 Å². The normalized spacial score (nSPS) is 11.5. The van der Waals surface area contributed by atoms with Gasteiger partial charge in [0.25, 0.3) is 5.91 Å². The van der Waals surface area contributed by atoms with Crippen molar-refractivity contribution in [2.45, 2.75) is 13.0 Å². The summed E-state index contributed by atoms with van der Waals surface area (Å²) in [5, 5.41) is 14.4. The standard InChI is InChI=1S/C17H17ClN2O5/c1-11(12-3-5-13(18)6-4-12)19-17(21)10-25-16-8-7-14(24-2)9-15(16)20(22)23/h3-9,11H,10H2,1-2H3,(H,19,21)/t11-/m1/s1. The Morgan fingerprint density at radius 2 is 1.96 bits per heavy atom. The van der Waals surface area contributed by atoms with Crippen LogP contribution in [0.25, 0.3) is 0 Å². The first-order valence-corrected chi connectivity index (χ1v) is 7.78. The number of ether oxygens (including phenoxy) is 2. The molecule has 0 saturated heterocycles.